The normalized spacial score (nSPS) is 12.4. The van der Waals surface area contributed by atoms with Crippen LogP contribution < -0.4 is 16.0 Å². The van der Waals surface area contributed by atoms with Crippen LogP contribution in [-0.4, -0.2) is 28.2 Å². The number of primary sulfonamides is 1. The van der Waals surface area contributed by atoms with E-state index >= 15 is 0 Å². The van der Waals surface area contributed by atoms with E-state index in [0.717, 1.165) is 5.56 Å². The van der Waals surface area contributed by atoms with Gasteiger partial charge in [0.05, 0.1) is 17.5 Å². The Bertz CT molecular complexity index is 1140. The third-order valence-corrected chi connectivity index (χ3v) is 4.63. The van der Waals surface area contributed by atoms with Gasteiger partial charge in [-0.2, -0.15) is 10.1 Å². The second-order valence-electron chi connectivity index (χ2n) is 7.36. The lowest BCUT2D eigenvalue weighted by atomic mass is 10.1. The molecular formula is C17H22N6O3S. The number of sulfonamides is 1. The number of rotatable bonds is 5. The van der Waals surface area contributed by atoms with Crippen molar-refractivity contribution in [2.45, 2.75) is 38.6 Å². The van der Waals surface area contributed by atoms with Crippen molar-refractivity contribution in [3.05, 3.63) is 51.9 Å². The first-order valence-corrected chi connectivity index (χ1v) is 10.1. The van der Waals surface area contributed by atoms with Crippen LogP contribution in [0.3, 0.4) is 0 Å². The summed E-state index contributed by atoms with van der Waals surface area (Å²) in [6.45, 7) is 6.29. The summed E-state index contributed by atoms with van der Waals surface area (Å²) in [5, 5.41) is 12.8. The topological polar surface area (TPSA) is 136 Å². The predicted octanol–water partition coefficient (Wildman–Crippen LogP) is 1.28. The van der Waals surface area contributed by atoms with E-state index < -0.39 is 10.0 Å². The third-order valence-electron chi connectivity index (χ3n) is 3.89. The lowest BCUT2D eigenvalue weighted by Gasteiger charge is -2.19. The summed E-state index contributed by atoms with van der Waals surface area (Å²) < 4.78 is 24.2. The number of anilines is 1. The zero-order valence-corrected chi connectivity index (χ0v) is 16.2. The Morgan fingerprint density at radius 1 is 1.26 bits per heavy atom. The molecule has 0 fully saturated rings. The van der Waals surface area contributed by atoms with Crippen molar-refractivity contribution < 1.29 is 8.42 Å². The fourth-order valence-electron chi connectivity index (χ4n) is 2.74. The molecule has 0 aliphatic carbocycles. The number of aromatic amines is 1. The molecule has 0 spiro atoms. The minimum atomic E-state index is -3.59. The Balaban J connectivity index is 1.85. The van der Waals surface area contributed by atoms with Crippen LogP contribution in [-0.2, 0) is 27.9 Å². The van der Waals surface area contributed by atoms with Gasteiger partial charge >= 0.3 is 0 Å². The molecule has 0 radical (unpaired) electrons. The number of H-pyrrole nitrogens is 1. The van der Waals surface area contributed by atoms with Gasteiger partial charge in [-0.1, -0.05) is 24.3 Å². The first-order chi connectivity index (χ1) is 12.5. The van der Waals surface area contributed by atoms with Gasteiger partial charge < -0.3 is 5.32 Å². The summed E-state index contributed by atoms with van der Waals surface area (Å²) >= 11 is 0. The van der Waals surface area contributed by atoms with E-state index in [4.69, 9.17) is 5.14 Å². The van der Waals surface area contributed by atoms with Crippen molar-refractivity contribution >= 4 is 27.0 Å². The molecule has 3 aromatic rings. The SMILES string of the molecule is CC(C)(C)n1ncc2c(=O)[nH]c(NCc3cccc(CS(N)(=O)=O)c3)nc21. The van der Waals surface area contributed by atoms with Crippen LogP contribution in [0.2, 0.25) is 0 Å². The average Bonchev–Trinajstić information content (AvgIpc) is 2.96. The fourth-order valence-corrected chi connectivity index (χ4v) is 3.38. The Morgan fingerprint density at radius 2 is 1.96 bits per heavy atom. The van der Waals surface area contributed by atoms with Crippen molar-refractivity contribution in [1.29, 1.82) is 0 Å². The van der Waals surface area contributed by atoms with Crippen molar-refractivity contribution in [2.75, 3.05) is 5.32 Å². The van der Waals surface area contributed by atoms with E-state index in [0.29, 0.717) is 29.1 Å². The van der Waals surface area contributed by atoms with Crippen molar-refractivity contribution in [3.63, 3.8) is 0 Å². The number of hydrogen-bond acceptors (Lipinski definition) is 6. The van der Waals surface area contributed by atoms with Crippen LogP contribution in [0.1, 0.15) is 31.9 Å². The first kappa shape index (κ1) is 19.1. The van der Waals surface area contributed by atoms with Crippen LogP contribution in [0.4, 0.5) is 5.95 Å². The molecule has 1 aromatic carbocycles. The smallest absolute Gasteiger partial charge is 0.263 e. The highest BCUT2D eigenvalue weighted by atomic mass is 32.2. The zero-order chi connectivity index (χ0) is 19.8. The molecule has 3 rings (SSSR count). The standard InChI is InChI=1S/C17H22N6O3S/c1-17(2,3)23-14-13(9-20-23)15(24)22-16(21-14)19-8-11-5-4-6-12(7-11)10-27(18,25)26/h4-7,9H,8,10H2,1-3H3,(H2,18,25,26)(H2,19,21,22,24). The molecule has 0 unspecified atom stereocenters. The summed E-state index contributed by atoms with van der Waals surface area (Å²) in [7, 11) is -3.59. The summed E-state index contributed by atoms with van der Waals surface area (Å²) in [5.74, 6) is 0.0856. The van der Waals surface area contributed by atoms with Crippen LogP contribution in [0, 0.1) is 0 Å². The fraction of sp³-hybridized carbons (Fsp3) is 0.353. The molecule has 0 aliphatic heterocycles. The van der Waals surface area contributed by atoms with Gasteiger partial charge in [0.2, 0.25) is 16.0 Å². The monoisotopic (exact) mass is 390 g/mol. The molecule has 2 heterocycles. The van der Waals surface area contributed by atoms with Gasteiger partial charge in [0.25, 0.3) is 5.56 Å². The summed E-state index contributed by atoms with van der Waals surface area (Å²) in [5.41, 5.74) is 1.34. The summed E-state index contributed by atoms with van der Waals surface area (Å²) in [6, 6.07) is 7.04. The second-order valence-corrected chi connectivity index (χ2v) is 8.97. The molecule has 0 saturated heterocycles. The van der Waals surface area contributed by atoms with Crippen molar-refractivity contribution in [3.8, 4) is 0 Å². The zero-order valence-electron chi connectivity index (χ0n) is 15.4. The molecule has 2 aromatic heterocycles. The minimum Gasteiger partial charge on any atom is -0.352 e. The number of benzene rings is 1. The Morgan fingerprint density at radius 3 is 2.63 bits per heavy atom. The Kier molecular flexibility index (Phi) is 4.79. The molecule has 10 heteroatoms. The van der Waals surface area contributed by atoms with E-state index in [-0.39, 0.29) is 16.9 Å². The minimum absolute atomic E-state index is 0.230. The number of nitrogens with one attached hydrogen (secondary N) is 2. The van der Waals surface area contributed by atoms with Gasteiger partial charge in [0.15, 0.2) is 5.65 Å². The summed E-state index contributed by atoms with van der Waals surface area (Å²) in [4.78, 5) is 19.5. The van der Waals surface area contributed by atoms with E-state index in [9.17, 15) is 13.2 Å². The van der Waals surface area contributed by atoms with Crippen LogP contribution >= 0.6 is 0 Å². The highest BCUT2D eigenvalue weighted by molar-refractivity contribution is 7.88. The molecule has 0 atom stereocenters. The van der Waals surface area contributed by atoms with Crippen LogP contribution in [0.15, 0.2) is 35.3 Å². The maximum absolute atomic E-state index is 12.3. The van der Waals surface area contributed by atoms with Crippen molar-refractivity contribution in [2.24, 2.45) is 5.14 Å². The molecule has 0 aliphatic rings. The van der Waals surface area contributed by atoms with Crippen molar-refractivity contribution in [1.82, 2.24) is 19.7 Å². The maximum atomic E-state index is 12.3. The molecule has 4 N–H and O–H groups in total. The van der Waals surface area contributed by atoms with Gasteiger partial charge in [-0.3, -0.25) is 9.78 Å². The molecule has 0 bridgehead atoms. The molecule has 144 valence electrons. The number of fused-ring (bicyclic) bond motifs is 1. The van der Waals surface area contributed by atoms with Crippen LogP contribution in [0.25, 0.3) is 11.0 Å². The molecule has 0 saturated carbocycles. The molecule has 27 heavy (non-hydrogen) atoms. The molecule has 0 amide bonds. The average molecular weight is 390 g/mol. The van der Waals surface area contributed by atoms with E-state index in [1.165, 1.54) is 6.20 Å². The van der Waals surface area contributed by atoms with Gasteiger partial charge in [-0.25, -0.2) is 18.2 Å². The van der Waals surface area contributed by atoms with Gasteiger partial charge in [0.1, 0.15) is 5.39 Å². The molecule has 9 nitrogen and oxygen atoms in total. The number of aromatic nitrogens is 4. The number of nitrogens with zero attached hydrogens (tertiary/aromatic N) is 3. The first-order valence-electron chi connectivity index (χ1n) is 8.34. The van der Waals surface area contributed by atoms with Gasteiger partial charge in [-0.05, 0) is 31.9 Å². The van der Waals surface area contributed by atoms with E-state index in [2.05, 4.69) is 20.4 Å². The van der Waals surface area contributed by atoms with Gasteiger partial charge in [0, 0.05) is 6.54 Å². The lowest BCUT2D eigenvalue weighted by molar-refractivity contribution is 0.366. The number of nitrogens with two attached hydrogens (primary N) is 1. The second kappa shape index (κ2) is 6.78. The summed E-state index contributed by atoms with van der Waals surface area (Å²) in [6.07, 6.45) is 1.51. The lowest BCUT2D eigenvalue weighted by Crippen LogP contribution is -2.24. The van der Waals surface area contributed by atoms with E-state index in [1.807, 2.05) is 26.8 Å². The Hall–Kier alpha value is -2.72. The maximum Gasteiger partial charge on any atom is 0.263 e. The third kappa shape index (κ3) is 4.52. The quantitative estimate of drug-likeness (QED) is 0.600. The highest BCUT2D eigenvalue weighted by Crippen LogP contribution is 2.19. The Labute approximate surface area is 156 Å². The van der Waals surface area contributed by atoms with Crippen LogP contribution in [0.5, 0.6) is 0 Å². The van der Waals surface area contributed by atoms with Gasteiger partial charge in [-0.15, -0.1) is 0 Å². The molecular weight excluding hydrogens is 368 g/mol. The largest absolute Gasteiger partial charge is 0.352 e. The number of hydrogen-bond donors (Lipinski definition) is 3. The predicted molar refractivity (Wildman–Crippen MR) is 104 cm³/mol. The van der Waals surface area contributed by atoms with E-state index in [1.54, 1.807) is 22.9 Å². The highest BCUT2D eigenvalue weighted by Gasteiger charge is 2.19.